The molecule has 0 heterocycles. The lowest BCUT2D eigenvalue weighted by Crippen LogP contribution is -2.57. The molecule has 0 bridgehead atoms. The summed E-state index contributed by atoms with van der Waals surface area (Å²) in [7, 11) is -1.82. The van der Waals surface area contributed by atoms with Crippen LogP contribution in [0, 0.1) is 45.8 Å². The Labute approximate surface area is 223 Å². The van der Waals surface area contributed by atoms with Gasteiger partial charge in [-0.25, -0.2) is 0 Å². The van der Waals surface area contributed by atoms with Crippen molar-refractivity contribution in [2.75, 3.05) is 0 Å². The minimum Gasteiger partial charge on any atom is -0.481 e. The van der Waals surface area contributed by atoms with E-state index in [4.69, 9.17) is 4.43 Å². The van der Waals surface area contributed by atoms with Gasteiger partial charge < -0.3 is 9.53 Å². The highest BCUT2D eigenvalue weighted by Crippen LogP contribution is 2.69. The monoisotopic (exact) mass is 516 g/mol. The highest BCUT2D eigenvalue weighted by atomic mass is 28.4. The van der Waals surface area contributed by atoms with Crippen LogP contribution in [0.4, 0.5) is 0 Å². The summed E-state index contributed by atoms with van der Waals surface area (Å²) in [5, 5.41) is 9.48. The number of carbonyl (C=O) groups is 1. The predicted octanol–water partition coefficient (Wildman–Crippen LogP) is 9.09. The Hall–Kier alpha value is -0.613. The molecule has 0 aromatic heterocycles. The van der Waals surface area contributed by atoms with E-state index in [1.807, 2.05) is 0 Å². The number of carboxylic acid groups (broad SMARTS) is 1. The molecule has 1 N–H and O–H groups in total. The van der Waals surface area contributed by atoms with Gasteiger partial charge in [0.15, 0.2) is 8.32 Å². The fourth-order valence-electron chi connectivity index (χ4n) is 9.64. The summed E-state index contributed by atoms with van der Waals surface area (Å²) in [6.07, 6.45) is 13.2. The van der Waals surface area contributed by atoms with Crippen LogP contribution in [0.3, 0.4) is 0 Å². The van der Waals surface area contributed by atoms with Crippen molar-refractivity contribution >= 4 is 14.3 Å². The SMILES string of the molecule is C[C@H](CCC(=O)O)[C@H]1CC[C@H]2[C@@H]3CC=C4C(C)(C)[C@@H](O[Si](C)(C)C(C)(C)C)CC[C@]4(C)[C@H]3CC[C@]12C. The molecule has 0 aliphatic heterocycles. The fraction of sp³-hybridized carbons (Fsp3) is 0.906. The topological polar surface area (TPSA) is 46.5 Å². The molecule has 3 saturated carbocycles. The molecule has 8 atom stereocenters. The molecule has 0 aromatic carbocycles. The molecule has 0 spiro atoms. The molecule has 0 radical (unpaired) electrons. The van der Waals surface area contributed by atoms with Gasteiger partial charge in [0.05, 0.1) is 6.10 Å². The van der Waals surface area contributed by atoms with Crippen LogP contribution in [-0.2, 0) is 9.22 Å². The highest BCUT2D eigenvalue weighted by Gasteiger charge is 2.61. The first-order chi connectivity index (χ1) is 16.4. The van der Waals surface area contributed by atoms with E-state index in [0.717, 1.165) is 24.2 Å². The lowest BCUT2D eigenvalue weighted by Gasteiger charge is -2.62. The van der Waals surface area contributed by atoms with Crippen molar-refractivity contribution in [3.8, 4) is 0 Å². The van der Waals surface area contributed by atoms with Gasteiger partial charge in [0.1, 0.15) is 0 Å². The Morgan fingerprint density at radius 2 is 1.75 bits per heavy atom. The number of rotatable bonds is 6. The maximum atomic E-state index is 11.2. The quantitative estimate of drug-likeness (QED) is 0.283. The number of aliphatic carboxylic acids is 1. The standard InChI is InChI=1S/C32H56O3Si/c1-21(11-16-28(33)34)23-13-14-24-22-12-15-26-30(5,6)27(35-36(9,10)29(2,3)4)18-20-32(26,8)25(22)17-19-31(23,24)7/h15,21-25,27H,11-14,16-20H2,1-10H3,(H,33,34)/t21-,22+,23-,24+,25+,27+,31-,32-/m1/s1. The maximum Gasteiger partial charge on any atom is 0.303 e. The average Bonchev–Trinajstić information content (AvgIpc) is 3.10. The molecule has 0 unspecified atom stereocenters. The fourth-order valence-corrected chi connectivity index (χ4v) is 11.1. The first-order valence-electron chi connectivity index (χ1n) is 15.1. The predicted molar refractivity (Wildman–Crippen MR) is 152 cm³/mol. The lowest BCUT2D eigenvalue weighted by molar-refractivity contribution is -0.137. The van der Waals surface area contributed by atoms with Gasteiger partial charge in [-0.15, -0.1) is 0 Å². The van der Waals surface area contributed by atoms with E-state index in [1.165, 1.54) is 44.9 Å². The van der Waals surface area contributed by atoms with Crippen molar-refractivity contribution < 1.29 is 14.3 Å². The third-order valence-electron chi connectivity index (χ3n) is 12.7. The van der Waals surface area contributed by atoms with Gasteiger partial charge in [0, 0.05) is 11.8 Å². The van der Waals surface area contributed by atoms with Gasteiger partial charge in [0.2, 0.25) is 0 Å². The Morgan fingerprint density at radius 1 is 1.08 bits per heavy atom. The number of carboxylic acids is 1. The normalized spacial score (nSPS) is 41.1. The van der Waals surface area contributed by atoms with Crippen molar-refractivity contribution in [1.29, 1.82) is 0 Å². The molecule has 206 valence electrons. The second-order valence-electron chi connectivity index (χ2n) is 15.9. The van der Waals surface area contributed by atoms with Gasteiger partial charge in [-0.3, -0.25) is 4.79 Å². The molecule has 4 aliphatic carbocycles. The van der Waals surface area contributed by atoms with Crippen molar-refractivity contribution in [3.05, 3.63) is 11.6 Å². The first-order valence-corrected chi connectivity index (χ1v) is 18.0. The van der Waals surface area contributed by atoms with E-state index in [1.54, 1.807) is 5.57 Å². The summed E-state index contributed by atoms with van der Waals surface area (Å²) in [6, 6.07) is 0. The first kappa shape index (κ1) is 28.4. The van der Waals surface area contributed by atoms with Gasteiger partial charge >= 0.3 is 5.97 Å². The maximum absolute atomic E-state index is 11.2. The summed E-state index contributed by atoms with van der Waals surface area (Å²) in [5.41, 5.74) is 2.49. The molecule has 36 heavy (non-hydrogen) atoms. The van der Waals surface area contributed by atoms with Crippen LogP contribution in [0.1, 0.15) is 113 Å². The average molecular weight is 517 g/mol. The Kier molecular flexibility index (Phi) is 7.29. The van der Waals surface area contributed by atoms with Crippen molar-refractivity contribution in [1.82, 2.24) is 0 Å². The number of fused-ring (bicyclic) bond motifs is 5. The molecule has 4 heteroatoms. The Bertz CT molecular complexity index is 882. The van der Waals surface area contributed by atoms with Crippen molar-refractivity contribution in [2.24, 2.45) is 45.8 Å². The molecular formula is C32H56O3Si. The molecule has 4 aliphatic rings. The van der Waals surface area contributed by atoms with Crippen LogP contribution >= 0.6 is 0 Å². The Morgan fingerprint density at radius 3 is 2.36 bits per heavy atom. The number of hydrogen-bond acceptors (Lipinski definition) is 2. The van der Waals surface area contributed by atoms with Crippen LogP contribution in [0.15, 0.2) is 11.6 Å². The summed E-state index contributed by atoms with van der Waals surface area (Å²) in [4.78, 5) is 11.2. The zero-order valence-electron chi connectivity index (χ0n) is 25.2. The molecule has 4 rings (SSSR count). The van der Waals surface area contributed by atoms with Gasteiger partial charge in [0.25, 0.3) is 0 Å². The van der Waals surface area contributed by atoms with Crippen LogP contribution in [0.25, 0.3) is 0 Å². The minimum atomic E-state index is -1.82. The third kappa shape index (κ3) is 4.48. The van der Waals surface area contributed by atoms with Crippen LogP contribution in [0.2, 0.25) is 18.1 Å². The third-order valence-corrected chi connectivity index (χ3v) is 17.2. The van der Waals surface area contributed by atoms with E-state index in [9.17, 15) is 9.90 Å². The van der Waals surface area contributed by atoms with E-state index in [0.29, 0.717) is 35.2 Å². The summed E-state index contributed by atoms with van der Waals surface area (Å²) >= 11 is 0. The second kappa shape index (κ2) is 9.25. The smallest absolute Gasteiger partial charge is 0.303 e. The van der Waals surface area contributed by atoms with E-state index >= 15 is 0 Å². The molecule has 0 saturated heterocycles. The van der Waals surface area contributed by atoms with E-state index in [-0.39, 0.29) is 10.5 Å². The lowest BCUT2D eigenvalue weighted by atomic mass is 9.44. The summed E-state index contributed by atoms with van der Waals surface area (Å²) < 4.78 is 7.11. The second-order valence-corrected chi connectivity index (χ2v) is 20.7. The molecule has 3 nitrogen and oxygen atoms in total. The van der Waals surface area contributed by atoms with Gasteiger partial charge in [-0.2, -0.15) is 0 Å². The van der Waals surface area contributed by atoms with E-state index in [2.05, 4.69) is 74.6 Å². The highest BCUT2D eigenvalue weighted by molar-refractivity contribution is 6.74. The number of hydrogen-bond donors (Lipinski definition) is 1. The largest absolute Gasteiger partial charge is 0.481 e. The van der Waals surface area contributed by atoms with Crippen LogP contribution in [0.5, 0.6) is 0 Å². The minimum absolute atomic E-state index is 0.0950. The molecule has 3 fully saturated rings. The number of allylic oxidation sites excluding steroid dienone is 1. The van der Waals surface area contributed by atoms with Gasteiger partial charge in [-0.1, -0.05) is 67.0 Å². The molecular weight excluding hydrogens is 460 g/mol. The zero-order valence-corrected chi connectivity index (χ0v) is 26.2. The van der Waals surface area contributed by atoms with Crippen molar-refractivity contribution in [2.45, 2.75) is 137 Å². The van der Waals surface area contributed by atoms with Crippen molar-refractivity contribution in [3.63, 3.8) is 0 Å². The Balaban J connectivity index is 1.57. The molecule has 0 aromatic rings. The molecule has 0 amide bonds. The van der Waals surface area contributed by atoms with Crippen LogP contribution in [-0.4, -0.2) is 25.5 Å². The summed E-state index contributed by atoms with van der Waals surface area (Å²) in [5.74, 6) is 2.94. The zero-order chi connectivity index (χ0) is 26.9. The van der Waals surface area contributed by atoms with Crippen LogP contribution < -0.4 is 0 Å². The van der Waals surface area contributed by atoms with E-state index < -0.39 is 14.3 Å². The van der Waals surface area contributed by atoms with Gasteiger partial charge in [-0.05, 0) is 110 Å². The summed E-state index contributed by atoms with van der Waals surface area (Å²) in [6.45, 7) is 24.4.